The number of carboxylic acids is 1. The third-order valence-corrected chi connectivity index (χ3v) is 4.23. The number of likely N-dealkylation sites (N-methyl/N-ethyl adjacent to an activating group) is 1. The number of carbonyl (C=O) groups is 1. The van der Waals surface area contributed by atoms with Crippen molar-refractivity contribution in [3.8, 4) is 11.3 Å². The minimum Gasteiger partial charge on any atom is -0.477 e. The number of fused-ring (bicyclic) bond motifs is 1. The van der Waals surface area contributed by atoms with Crippen molar-refractivity contribution < 1.29 is 9.90 Å². The fourth-order valence-corrected chi connectivity index (χ4v) is 2.99. The predicted octanol–water partition coefficient (Wildman–Crippen LogP) is 2.29. The second-order valence-electron chi connectivity index (χ2n) is 5.59. The van der Waals surface area contributed by atoms with Crippen LogP contribution < -0.4 is 10.5 Å². The zero-order chi connectivity index (χ0) is 15.9. The number of hydrogen-bond acceptors (Lipinski definition) is 3. The molecule has 114 valence electrons. The Morgan fingerprint density at radius 2 is 2.14 bits per heavy atom. The fraction of sp³-hybridized carbons (Fsp3) is 0.294. The summed E-state index contributed by atoms with van der Waals surface area (Å²) in [6.07, 6.45) is 1.64. The first-order valence-electron chi connectivity index (χ1n) is 7.35. The summed E-state index contributed by atoms with van der Waals surface area (Å²) in [5.74, 6) is -1.20. The number of hydrogen-bond donors (Lipinski definition) is 2. The molecule has 0 saturated heterocycles. The molecule has 0 spiro atoms. The molecule has 0 unspecified atom stereocenters. The molecule has 0 aliphatic carbocycles. The summed E-state index contributed by atoms with van der Waals surface area (Å²) in [5, 5.41) is 9.08. The lowest BCUT2D eigenvalue weighted by molar-refractivity contribution is 0.0695. The van der Waals surface area contributed by atoms with Crippen molar-refractivity contribution in [1.29, 1.82) is 0 Å². The summed E-state index contributed by atoms with van der Waals surface area (Å²) in [6, 6.07) is 7.60. The summed E-state index contributed by atoms with van der Waals surface area (Å²) < 4.78 is 0. The summed E-state index contributed by atoms with van der Waals surface area (Å²) in [4.78, 5) is 28.0. The third-order valence-electron chi connectivity index (χ3n) is 4.23. The number of pyridine rings is 1. The van der Waals surface area contributed by atoms with Gasteiger partial charge in [0.2, 0.25) is 0 Å². The fourth-order valence-electron chi connectivity index (χ4n) is 2.99. The van der Waals surface area contributed by atoms with Gasteiger partial charge < -0.3 is 15.0 Å². The minimum absolute atomic E-state index is 0.207. The number of H-pyrrole nitrogens is 1. The molecule has 0 bridgehead atoms. The zero-order valence-corrected chi connectivity index (χ0v) is 12.6. The number of aromatic amines is 1. The van der Waals surface area contributed by atoms with Gasteiger partial charge in [-0.05, 0) is 47.7 Å². The Labute approximate surface area is 128 Å². The summed E-state index contributed by atoms with van der Waals surface area (Å²) >= 11 is 0. The Bertz CT molecular complexity index is 808. The Morgan fingerprint density at radius 3 is 2.82 bits per heavy atom. The molecular formula is C17H18N2O3. The van der Waals surface area contributed by atoms with Crippen LogP contribution in [0.2, 0.25) is 0 Å². The van der Waals surface area contributed by atoms with Gasteiger partial charge in [0.1, 0.15) is 5.56 Å². The molecule has 22 heavy (non-hydrogen) atoms. The molecule has 1 aromatic carbocycles. The van der Waals surface area contributed by atoms with Gasteiger partial charge in [-0.1, -0.05) is 13.0 Å². The van der Waals surface area contributed by atoms with E-state index in [0.717, 1.165) is 29.8 Å². The van der Waals surface area contributed by atoms with Crippen molar-refractivity contribution in [3.63, 3.8) is 0 Å². The highest BCUT2D eigenvalue weighted by Crippen LogP contribution is 2.31. The first-order chi connectivity index (χ1) is 10.5. The molecule has 1 aliphatic rings. The highest BCUT2D eigenvalue weighted by atomic mass is 16.4. The molecule has 2 heterocycles. The topological polar surface area (TPSA) is 73.4 Å². The average molecular weight is 298 g/mol. The number of anilines is 1. The zero-order valence-electron chi connectivity index (χ0n) is 12.6. The molecule has 5 nitrogen and oxygen atoms in total. The van der Waals surface area contributed by atoms with Gasteiger partial charge in [-0.25, -0.2) is 4.79 Å². The molecule has 1 aliphatic heterocycles. The number of carboxylic acid groups (broad SMARTS) is 1. The molecule has 5 heteroatoms. The van der Waals surface area contributed by atoms with Gasteiger partial charge in [-0.2, -0.15) is 0 Å². The van der Waals surface area contributed by atoms with Crippen LogP contribution in [0.3, 0.4) is 0 Å². The van der Waals surface area contributed by atoms with Crippen LogP contribution in [0.15, 0.2) is 29.1 Å². The molecule has 0 atom stereocenters. The van der Waals surface area contributed by atoms with E-state index in [-0.39, 0.29) is 5.56 Å². The molecule has 2 aromatic rings. The molecule has 0 radical (unpaired) electrons. The SMILES string of the molecule is CCc1cc(C(=O)O)c(=O)[nH]c1-c1ccc2c(c1)CCN2C. The lowest BCUT2D eigenvalue weighted by Gasteiger charge is -2.13. The summed E-state index contributed by atoms with van der Waals surface area (Å²) in [5.41, 5.74) is 4.19. The third kappa shape index (κ3) is 2.28. The van der Waals surface area contributed by atoms with E-state index in [1.54, 1.807) is 0 Å². The Balaban J connectivity index is 2.14. The van der Waals surface area contributed by atoms with Gasteiger partial charge in [-0.15, -0.1) is 0 Å². The number of aromatic carboxylic acids is 1. The van der Waals surface area contributed by atoms with E-state index in [1.165, 1.54) is 17.3 Å². The van der Waals surface area contributed by atoms with E-state index >= 15 is 0 Å². The molecule has 0 fully saturated rings. The van der Waals surface area contributed by atoms with Gasteiger partial charge in [-0.3, -0.25) is 4.79 Å². The number of nitrogens with zero attached hydrogens (tertiary/aromatic N) is 1. The van der Waals surface area contributed by atoms with Crippen LogP contribution >= 0.6 is 0 Å². The van der Waals surface area contributed by atoms with Crippen LogP contribution in [0.4, 0.5) is 5.69 Å². The van der Waals surface area contributed by atoms with Crippen molar-refractivity contribution in [1.82, 2.24) is 4.98 Å². The highest BCUT2D eigenvalue weighted by Gasteiger charge is 2.18. The van der Waals surface area contributed by atoms with Gasteiger partial charge in [0.05, 0.1) is 5.69 Å². The standard InChI is InChI=1S/C17H18N2O3/c1-3-10-9-13(17(21)22)16(20)18-15(10)12-4-5-14-11(8-12)6-7-19(14)2/h4-5,8-9H,3,6-7H2,1-2H3,(H,18,20)(H,21,22). The molecule has 1 aromatic heterocycles. The Kier molecular flexibility index (Phi) is 3.48. The van der Waals surface area contributed by atoms with Gasteiger partial charge in [0, 0.05) is 19.3 Å². The van der Waals surface area contributed by atoms with E-state index in [0.29, 0.717) is 6.42 Å². The van der Waals surface area contributed by atoms with E-state index in [1.807, 2.05) is 13.0 Å². The maximum atomic E-state index is 12.0. The first-order valence-corrected chi connectivity index (χ1v) is 7.35. The normalized spacial score (nSPS) is 13.3. The Hall–Kier alpha value is -2.56. The highest BCUT2D eigenvalue weighted by molar-refractivity contribution is 5.88. The van der Waals surface area contributed by atoms with Crippen LogP contribution in [0.25, 0.3) is 11.3 Å². The lowest BCUT2D eigenvalue weighted by Crippen LogP contribution is -2.19. The van der Waals surface area contributed by atoms with Crippen molar-refractivity contribution in [3.05, 3.63) is 51.3 Å². The smallest absolute Gasteiger partial charge is 0.341 e. The van der Waals surface area contributed by atoms with Crippen LogP contribution in [0.1, 0.15) is 28.4 Å². The van der Waals surface area contributed by atoms with Crippen LogP contribution in [0, 0.1) is 0 Å². The summed E-state index contributed by atoms with van der Waals surface area (Å²) in [7, 11) is 2.06. The predicted molar refractivity (Wildman–Crippen MR) is 85.8 cm³/mol. The average Bonchev–Trinajstić information content (AvgIpc) is 2.87. The molecule has 3 rings (SSSR count). The summed E-state index contributed by atoms with van der Waals surface area (Å²) in [6.45, 7) is 2.94. The van der Waals surface area contributed by atoms with E-state index in [9.17, 15) is 9.59 Å². The van der Waals surface area contributed by atoms with Gasteiger partial charge in [0.25, 0.3) is 5.56 Å². The molecular weight excluding hydrogens is 280 g/mol. The van der Waals surface area contributed by atoms with Crippen LogP contribution in [-0.2, 0) is 12.8 Å². The van der Waals surface area contributed by atoms with E-state index in [4.69, 9.17) is 5.11 Å². The Morgan fingerprint density at radius 1 is 1.36 bits per heavy atom. The first kappa shape index (κ1) is 14.4. The minimum atomic E-state index is -1.20. The quantitative estimate of drug-likeness (QED) is 0.912. The maximum absolute atomic E-state index is 12.0. The number of nitrogens with one attached hydrogen (secondary N) is 1. The second-order valence-corrected chi connectivity index (χ2v) is 5.59. The van der Waals surface area contributed by atoms with Crippen molar-refractivity contribution >= 4 is 11.7 Å². The largest absolute Gasteiger partial charge is 0.477 e. The number of benzene rings is 1. The van der Waals surface area contributed by atoms with E-state index in [2.05, 4.69) is 29.1 Å². The number of rotatable bonds is 3. The van der Waals surface area contributed by atoms with E-state index < -0.39 is 11.5 Å². The van der Waals surface area contributed by atoms with Gasteiger partial charge >= 0.3 is 5.97 Å². The number of aromatic nitrogens is 1. The van der Waals surface area contributed by atoms with Crippen LogP contribution in [0.5, 0.6) is 0 Å². The van der Waals surface area contributed by atoms with Crippen molar-refractivity contribution in [2.24, 2.45) is 0 Å². The van der Waals surface area contributed by atoms with Crippen LogP contribution in [-0.4, -0.2) is 29.7 Å². The number of aryl methyl sites for hydroxylation is 1. The molecule has 0 saturated carbocycles. The van der Waals surface area contributed by atoms with Crippen molar-refractivity contribution in [2.45, 2.75) is 19.8 Å². The van der Waals surface area contributed by atoms with Crippen molar-refractivity contribution in [2.75, 3.05) is 18.5 Å². The molecule has 0 amide bonds. The molecule has 2 N–H and O–H groups in total. The lowest BCUT2D eigenvalue weighted by atomic mass is 9.99. The monoisotopic (exact) mass is 298 g/mol. The maximum Gasteiger partial charge on any atom is 0.341 e. The van der Waals surface area contributed by atoms with Gasteiger partial charge in [0.15, 0.2) is 0 Å². The second kappa shape index (κ2) is 5.33.